The second-order valence-electron chi connectivity index (χ2n) is 4.06. The first-order valence-electron chi connectivity index (χ1n) is 5.53. The maximum absolute atomic E-state index is 11.6. The fourth-order valence-electron chi connectivity index (χ4n) is 1.69. The van der Waals surface area contributed by atoms with Gasteiger partial charge in [-0.15, -0.1) is 12.3 Å². The van der Waals surface area contributed by atoms with Crippen LogP contribution in [0.15, 0.2) is 12.1 Å². The third-order valence-corrected chi connectivity index (χ3v) is 2.47. The van der Waals surface area contributed by atoms with Gasteiger partial charge in [-0.05, 0) is 31.0 Å². The van der Waals surface area contributed by atoms with Crippen LogP contribution in [0.3, 0.4) is 0 Å². The molecule has 0 aliphatic rings. The molecule has 0 unspecified atom stereocenters. The number of anilines is 1. The normalized spacial score (nSPS) is 9.61. The van der Waals surface area contributed by atoms with E-state index < -0.39 is 5.97 Å². The lowest BCUT2D eigenvalue weighted by molar-refractivity contribution is -0.116. The number of hydrogen-bond acceptors (Lipinski definition) is 2. The van der Waals surface area contributed by atoms with E-state index in [0.29, 0.717) is 12.1 Å². The lowest BCUT2D eigenvalue weighted by atomic mass is 10.0. The maximum Gasteiger partial charge on any atom is 0.337 e. The Morgan fingerprint density at radius 1 is 1.39 bits per heavy atom. The van der Waals surface area contributed by atoms with E-state index in [0.717, 1.165) is 11.1 Å². The highest BCUT2D eigenvalue weighted by Gasteiger charge is 2.15. The van der Waals surface area contributed by atoms with Crippen molar-refractivity contribution in [2.24, 2.45) is 0 Å². The van der Waals surface area contributed by atoms with Crippen LogP contribution < -0.4 is 5.32 Å². The van der Waals surface area contributed by atoms with Gasteiger partial charge in [-0.2, -0.15) is 0 Å². The molecule has 0 heterocycles. The molecule has 18 heavy (non-hydrogen) atoms. The first-order valence-corrected chi connectivity index (χ1v) is 5.53. The Hall–Kier alpha value is -2.28. The molecule has 4 heteroatoms. The SMILES string of the molecule is C#CCCC(=O)Nc1c(C)cc(C)cc1C(=O)O. The van der Waals surface area contributed by atoms with Crippen LogP contribution in [-0.2, 0) is 4.79 Å². The summed E-state index contributed by atoms with van der Waals surface area (Å²) in [4.78, 5) is 22.7. The van der Waals surface area contributed by atoms with Gasteiger partial charge in [-0.3, -0.25) is 4.79 Å². The first kappa shape index (κ1) is 13.8. The third kappa shape index (κ3) is 3.36. The second kappa shape index (κ2) is 5.87. The molecule has 0 aliphatic carbocycles. The summed E-state index contributed by atoms with van der Waals surface area (Å²) in [6, 6.07) is 3.36. The molecule has 0 bridgehead atoms. The molecular formula is C14H15NO3. The predicted molar refractivity (Wildman–Crippen MR) is 69.6 cm³/mol. The fraction of sp³-hybridized carbons (Fsp3) is 0.286. The zero-order chi connectivity index (χ0) is 13.7. The number of aromatic carboxylic acids is 1. The number of rotatable bonds is 4. The number of carboxylic acid groups (broad SMARTS) is 1. The standard InChI is InChI=1S/C14H15NO3/c1-4-5-6-12(16)15-13-10(3)7-9(2)8-11(13)14(17)18/h1,7-8H,5-6H2,2-3H3,(H,15,16)(H,17,18). The highest BCUT2D eigenvalue weighted by molar-refractivity contribution is 6.01. The number of carbonyl (C=O) groups excluding carboxylic acids is 1. The first-order chi connectivity index (χ1) is 8.45. The van der Waals surface area contributed by atoms with E-state index in [4.69, 9.17) is 11.5 Å². The van der Waals surface area contributed by atoms with Crippen LogP contribution in [0, 0.1) is 26.2 Å². The van der Waals surface area contributed by atoms with Crippen molar-refractivity contribution in [1.82, 2.24) is 0 Å². The van der Waals surface area contributed by atoms with Crippen LogP contribution in [0.4, 0.5) is 5.69 Å². The number of amides is 1. The van der Waals surface area contributed by atoms with Crippen molar-refractivity contribution in [2.45, 2.75) is 26.7 Å². The van der Waals surface area contributed by atoms with Crippen molar-refractivity contribution in [3.63, 3.8) is 0 Å². The van der Waals surface area contributed by atoms with Crippen molar-refractivity contribution in [3.05, 3.63) is 28.8 Å². The summed E-state index contributed by atoms with van der Waals surface area (Å²) in [7, 11) is 0. The van der Waals surface area contributed by atoms with Crippen molar-refractivity contribution < 1.29 is 14.7 Å². The Kier molecular flexibility index (Phi) is 4.50. The highest BCUT2D eigenvalue weighted by Crippen LogP contribution is 2.23. The molecule has 0 fully saturated rings. The number of benzene rings is 1. The largest absolute Gasteiger partial charge is 0.478 e. The van der Waals surface area contributed by atoms with E-state index in [1.54, 1.807) is 6.92 Å². The fourth-order valence-corrected chi connectivity index (χ4v) is 1.69. The topological polar surface area (TPSA) is 66.4 Å². The van der Waals surface area contributed by atoms with Crippen LogP contribution in [0.2, 0.25) is 0 Å². The number of aryl methyl sites for hydroxylation is 2. The van der Waals surface area contributed by atoms with E-state index in [1.165, 1.54) is 6.07 Å². The van der Waals surface area contributed by atoms with Crippen LogP contribution in [0.25, 0.3) is 0 Å². The molecule has 4 nitrogen and oxygen atoms in total. The minimum atomic E-state index is -1.06. The minimum absolute atomic E-state index is 0.0987. The van der Waals surface area contributed by atoms with Gasteiger partial charge in [0.25, 0.3) is 0 Å². The molecule has 1 aromatic carbocycles. The van der Waals surface area contributed by atoms with Gasteiger partial charge >= 0.3 is 5.97 Å². The zero-order valence-corrected chi connectivity index (χ0v) is 10.4. The Balaban J connectivity index is 3.04. The summed E-state index contributed by atoms with van der Waals surface area (Å²) in [5.41, 5.74) is 2.00. The average molecular weight is 245 g/mol. The Morgan fingerprint density at radius 2 is 2.06 bits per heavy atom. The number of carboxylic acids is 1. The lowest BCUT2D eigenvalue weighted by Gasteiger charge is -2.12. The number of terminal acetylenes is 1. The quantitative estimate of drug-likeness (QED) is 0.800. The monoisotopic (exact) mass is 245 g/mol. The summed E-state index contributed by atoms with van der Waals surface area (Å²) in [5, 5.41) is 11.7. The highest BCUT2D eigenvalue weighted by atomic mass is 16.4. The molecule has 0 saturated carbocycles. The van der Waals surface area contributed by atoms with Crippen LogP contribution in [0.5, 0.6) is 0 Å². The lowest BCUT2D eigenvalue weighted by Crippen LogP contribution is -2.15. The molecule has 94 valence electrons. The van der Waals surface area contributed by atoms with Gasteiger partial charge < -0.3 is 10.4 Å². The van der Waals surface area contributed by atoms with E-state index in [-0.39, 0.29) is 17.9 Å². The molecule has 0 saturated heterocycles. The molecule has 1 aromatic rings. The Labute approximate surface area is 106 Å². The molecular weight excluding hydrogens is 230 g/mol. The van der Waals surface area contributed by atoms with Gasteiger partial charge in [0.15, 0.2) is 0 Å². The summed E-state index contributed by atoms with van der Waals surface area (Å²) < 4.78 is 0. The summed E-state index contributed by atoms with van der Waals surface area (Å²) in [6.07, 6.45) is 5.59. The number of nitrogens with one attached hydrogen (secondary N) is 1. The van der Waals surface area contributed by atoms with E-state index in [1.807, 2.05) is 13.0 Å². The van der Waals surface area contributed by atoms with Gasteiger partial charge in [0.05, 0.1) is 11.3 Å². The predicted octanol–water partition coefficient (Wildman–Crippen LogP) is 2.35. The van der Waals surface area contributed by atoms with E-state index in [2.05, 4.69) is 11.2 Å². The molecule has 0 atom stereocenters. The van der Waals surface area contributed by atoms with E-state index in [9.17, 15) is 9.59 Å². The molecule has 1 amide bonds. The van der Waals surface area contributed by atoms with Crippen molar-refractivity contribution in [3.8, 4) is 12.3 Å². The van der Waals surface area contributed by atoms with Gasteiger partial charge in [0.1, 0.15) is 0 Å². The maximum atomic E-state index is 11.6. The Bertz CT molecular complexity index is 527. The van der Waals surface area contributed by atoms with Gasteiger partial charge in [-0.1, -0.05) is 6.07 Å². The molecule has 0 radical (unpaired) electrons. The average Bonchev–Trinajstić information content (AvgIpc) is 2.29. The zero-order valence-electron chi connectivity index (χ0n) is 10.4. The van der Waals surface area contributed by atoms with Crippen LogP contribution >= 0.6 is 0 Å². The molecule has 0 aromatic heterocycles. The Morgan fingerprint density at radius 3 is 2.61 bits per heavy atom. The van der Waals surface area contributed by atoms with Gasteiger partial charge in [0.2, 0.25) is 5.91 Å². The second-order valence-corrected chi connectivity index (χ2v) is 4.06. The summed E-state index contributed by atoms with van der Waals surface area (Å²) in [5.74, 6) is 1.03. The van der Waals surface area contributed by atoms with E-state index >= 15 is 0 Å². The molecule has 0 aliphatic heterocycles. The molecule has 0 spiro atoms. The molecule has 1 rings (SSSR count). The van der Waals surface area contributed by atoms with Crippen LogP contribution in [-0.4, -0.2) is 17.0 Å². The molecule has 2 N–H and O–H groups in total. The van der Waals surface area contributed by atoms with Gasteiger partial charge in [0, 0.05) is 12.8 Å². The summed E-state index contributed by atoms with van der Waals surface area (Å²) >= 11 is 0. The van der Waals surface area contributed by atoms with Crippen molar-refractivity contribution >= 4 is 17.6 Å². The van der Waals surface area contributed by atoms with Crippen molar-refractivity contribution in [2.75, 3.05) is 5.32 Å². The number of carbonyl (C=O) groups is 2. The van der Waals surface area contributed by atoms with Crippen molar-refractivity contribution in [1.29, 1.82) is 0 Å². The van der Waals surface area contributed by atoms with Crippen LogP contribution in [0.1, 0.15) is 34.3 Å². The number of hydrogen-bond donors (Lipinski definition) is 2. The van der Waals surface area contributed by atoms with Gasteiger partial charge in [-0.25, -0.2) is 4.79 Å². The summed E-state index contributed by atoms with van der Waals surface area (Å²) in [6.45, 7) is 3.57. The smallest absolute Gasteiger partial charge is 0.337 e. The minimum Gasteiger partial charge on any atom is -0.478 e. The third-order valence-electron chi connectivity index (χ3n) is 2.47.